The van der Waals surface area contributed by atoms with E-state index in [0.717, 1.165) is 6.07 Å². The molecule has 1 unspecified atom stereocenters. The normalized spacial score (nSPS) is 13.0. The van der Waals surface area contributed by atoms with Crippen LogP contribution in [0.2, 0.25) is 0 Å². The first-order chi connectivity index (χ1) is 9.86. The molecule has 0 amide bonds. The van der Waals surface area contributed by atoms with E-state index in [4.69, 9.17) is 5.73 Å². The Morgan fingerprint density at radius 2 is 1.86 bits per heavy atom. The van der Waals surface area contributed by atoms with E-state index in [1.165, 1.54) is 0 Å². The van der Waals surface area contributed by atoms with E-state index in [-0.39, 0.29) is 12.4 Å². The number of nitrogens with one attached hydrogen (secondary N) is 1. The van der Waals surface area contributed by atoms with Gasteiger partial charge in [-0.05, 0) is 5.56 Å². The van der Waals surface area contributed by atoms with Crippen LogP contribution in [-0.4, -0.2) is 21.6 Å². The summed E-state index contributed by atoms with van der Waals surface area (Å²) in [6.45, 7) is -0.00222. The van der Waals surface area contributed by atoms with Crippen molar-refractivity contribution in [2.24, 2.45) is 0 Å². The average molecular weight is 298 g/mol. The van der Waals surface area contributed by atoms with E-state index in [9.17, 15) is 18.3 Å². The number of halogens is 3. The Morgan fingerprint density at radius 3 is 2.48 bits per heavy atom. The zero-order valence-corrected chi connectivity index (χ0v) is 10.8. The molecular formula is C13H13F3N4O. The Balaban J connectivity index is 2.08. The molecular weight excluding hydrogens is 285 g/mol. The molecule has 0 saturated heterocycles. The molecule has 2 rings (SSSR count). The van der Waals surface area contributed by atoms with E-state index in [2.05, 4.69) is 15.3 Å². The fraction of sp³-hybridized carbons (Fsp3) is 0.231. The lowest BCUT2D eigenvalue weighted by Crippen LogP contribution is -2.16. The average Bonchev–Trinajstić information content (AvgIpc) is 2.44. The molecule has 5 nitrogen and oxygen atoms in total. The van der Waals surface area contributed by atoms with E-state index in [1.807, 2.05) is 0 Å². The fourth-order valence-corrected chi connectivity index (χ4v) is 1.70. The second kappa shape index (κ2) is 5.96. The summed E-state index contributed by atoms with van der Waals surface area (Å²) in [7, 11) is 0. The second-order valence-electron chi connectivity index (χ2n) is 4.30. The molecule has 1 aromatic carbocycles. The van der Waals surface area contributed by atoms with E-state index >= 15 is 0 Å². The molecule has 0 radical (unpaired) electrons. The lowest BCUT2D eigenvalue weighted by atomic mass is 10.1. The highest BCUT2D eigenvalue weighted by molar-refractivity contribution is 5.41. The summed E-state index contributed by atoms with van der Waals surface area (Å²) < 4.78 is 37.8. The van der Waals surface area contributed by atoms with Crippen molar-refractivity contribution in [3.05, 3.63) is 47.7 Å². The van der Waals surface area contributed by atoms with Gasteiger partial charge in [-0.3, -0.25) is 0 Å². The molecule has 1 atom stereocenters. The monoisotopic (exact) mass is 298 g/mol. The molecule has 8 heteroatoms. The molecule has 1 aromatic heterocycles. The van der Waals surface area contributed by atoms with Gasteiger partial charge in [0.25, 0.3) is 0 Å². The van der Waals surface area contributed by atoms with E-state index < -0.39 is 23.9 Å². The van der Waals surface area contributed by atoms with Crippen LogP contribution >= 0.6 is 0 Å². The van der Waals surface area contributed by atoms with Crippen molar-refractivity contribution < 1.29 is 18.3 Å². The number of hydrogen-bond acceptors (Lipinski definition) is 5. The molecule has 1 heterocycles. The number of anilines is 2. The highest BCUT2D eigenvalue weighted by Crippen LogP contribution is 2.29. The van der Waals surface area contributed by atoms with Gasteiger partial charge in [-0.1, -0.05) is 30.3 Å². The lowest BCUT2D eigenvalue weighted by Gasteiger charge is -2.14. The van der Waals surface area contributed by atoms with Crippen LogP contribution in [0, 0.1) is 0 Å². The number of benzene rings is 1. The minimum atomic E-state index is -4.61. The number of aromatic nitrogens is 2. The molecule has 0 saturated carbocycles. The van der Waals surface area contributed by atoms with Crippen LogP contribution in [0.15, 0.2) is 36.4 Å². The molecule has 4 N–H and O–H groups in total. The van der Waals surface area contributed by atoms with Crippen molar-refractivity contribution in [1.82, 2.24) is 9.97 Å². The van der Waals surface area contributed by atoms with Gasteiger partial charge >= 0.3 is 6.18 Å². The summed E-state index contributed by atoms with van der Waals surface area (Å²) in [4.78, 5) is 6.79. The number of nitrogens with two attached hydrogens (primary N) is 1. The molecule has 0 bridgehead atoms. The first-order valence-corrected chi connectivity index (χ1v) is 6.05. The molecule has 0 aliphatic heterocycles. The zero-order chi connectivity index (χ0) is 15.5. The Labute approximate surface area is 118 Å². The van der Waals surface area contributed by atoms with Crippen molar-refractivity contribution in [2.75, 3.05) is 17.6 Å². The van der Waals surface area contributed by atoms with Gasteiger partial charge in [-0.25, -0.2) is 4.98 Å². The minimum Gasteiger partial charge on any atom is -0.387 e. The van der Waals surface area contributed by atoms with Crippen LogP contribution in [0.25, 0.3) is 0 Å². The van der Waals surface area contributed by atoms with Gasteiger partial charge in [0.05, 0.1) is 6.10 Å². The quantitative estimate of drug-likeness (QED) is 0.806. The number of nitrogen functional groups attached to an aromatic ring is 1. The summed E-state index contributed by atoms with van der Waals surface area (Å²) >= 11 is 0. The van der Waals surface area contributed by atoms with Crippen LogP contribution in [0.3, 0.4) is 0 Å². The molecule has 0 fully saturated rings. The number of alkyl halides is 3. The molecule has 0 spiro atoms. The summed E-state index contributed by atoms with van der Waals surface area (Å²) in [5, 5.41) is 12.5. The number of aliphatic hydroxyl groups is 1. The molecule has 0 aliphatic rings. The van der Waals surface area contributed by atoms with Gasteiger partial charge in [-0.2, -0.15) is 18.2 Å². The number of rotatable bonds is 4. The predicted octanol–water partition coefficient (Wildman–Crippen LogP) is 2.22. The van der Waals surface area contributed by atoms with Crippen LogP contribution in [0.4, 0.5) is 24.9 Å². The van der Waals surface area contributed by atoms with Gasteiger partial charge in [0.2, 0.25) is 5.95 Å². The third-order valence-electron chi connectivity index (χ3n) is 2.69. The Morgan fingerprint density at radius 1 is 1.19 bits per heavy atom. The minimum absolute atomic E-state index is 0.00222. The summed E-state index contributed by atoms with van der Waals surface area (Å²) in [5.41, 5.74) is 4.76. The SMILES string of the molecule is Nc1nc(NCC(O)c2ccccc2)cc(C(F)(F)F)n1. The summed E-state index contributed by atoms with van der Waals surface area (Å²) in [6.07, 6.45) is -5.48. The fourth-order valence-electron chi connectivity index (χ4n) is 1.70. The van der Waals surface area contributed by atoms with Gasteiger partial charge in [0.15, 0.2) is 5.69 Å². The van der Waals surface area contributed by atoms with Gasteiger partial charge in [0, 0.05) is 12.6 Å². The zero-order valence-electron chi connectivity index (χ0n) is 10.8. The Kier molecular flexibility index (Phi) is 4.27. The second-order valence-corrected chi connectivity index (χ2v) is 4.30. The highest BCUT2D eigenvalue weighted by Gasteiger charge is 2.33. The van der Waals surface area contributed by atoms with Crippen molar-refractivity contribution in [3.63, 3.8) is 0 Å². The first kappa shape index (κ1) is 15.0. The third kappa shape index (κ3) is 4.06. The Hall–Kier alpha value is -2.35. The van der Waals surface area contributed by atoms with Gasteiger partial charge in [0.1, 0.15) is 5.82 Å². The Bertz CT molecular complexity index is 604. The maximum atomic E-state index is 12.6. The van der Waals surface area contributed by atoms with E-state index in [1.54, 1.807) is 30.3 Å². The molecule has 0 aliphatic carbocycles. The lowest BCUT2D eigenvalue weighted by molar-refractivity contribution is -0.141. The predicted molar refractivity (Wildman–Crippen MR) is 71.3 cm³/mol. The molecule has 112 valence electrons. The topological polar surface area (TPSA) is 84.1 Å². The van der Waals surface area contributed by atoms with Crippen molar-refractivity contribution >= 4 is 11.8 Å². The van der Waals surface area contributed by atoms with Gasteiger partial charge < -0.3 is 16.2 Å². The van der Waals surface area contributed by atoms with Gasteiger partial charge in [-0.15, -0.1) is 0 Å². The molecule has 2 aromatic rings. The van der Waals surface area contributed by atoms with Crippen molar-refractivity contribution in [1.29, 1.82) is 0 Å². The largest absolute Gasteiger partial charge is 0.433 e. The maximum Gasteiger partial charge on any atom is 0.433 e. The standard InChI is InChI=1S/C13H13F3N4O/c14-13(15,16)10-6-11(20-12(17)19-10)18-7-9(21)8-4-2-1-3-5-8/h1-6,9,21H,7H2,(H3,17,18,19,20). The first-order valence-electron chi connectivity index (χ1n) is 6.05. The van der Waals surface area contributed by atoms with Crippen LogP contribution in [0.1, 0.15) is 17.4 Å². The van der Waals surface area contributed by atoms with E-state index in [0.29, 0.717) is 5.56 Å². The van der Waals surface area contributed by atoms with Crippen LogP contribution in [0.5, 0.6) is 0 Å². The highest BCUT2D eigenvalue weighted by atomic mass is 19.4. The van der Waals surface area contributed by atoms with Crippen molar-refractivity contribution in [3.8, 4) is 0 Å². The van der Waals surface area contributed by atoms with Crippen LogP contribution in [-0.2, 0) is 6.18 Å². The molecule has 21 heavy (non-hydrogen) atoms. The third-order valence-corrected chi connectivity index (χ3v) is 2.69. The number of nitrogens with zero attached hydrogens (tertiary/aromatic N) is 2. The number of aliphatic hydroxyl groups excluding tert-OH is 1. The van der Waals surface area contributed by atoms with Crippen LogP contribution < -0.4 is 11.1 Å². The smallest absolute Gasteiger partial charge is 0.387 e. The van der Waals surface area contributed by atoms with Crippen molar-refractivity contribution in [2.45, 2.75) is 12.3 Å². The maximum absolute atomic E-state index is 12.6. The summed E-state index contributed by atoms with van der Waals surface area (Å²) in [6, 6.07) is 9.47. The summed E-state index contributed by atoms with van der Waals surface area (Å²) in [5.74, 6) is -0.577. The number of hydrogen-bond donors (Lipinski definition) is 3.